The first-order valence-corrected chi connectivity index (χ1v) is 8.65. The van der Waals surface area contributed by atoms with Gasteiger partial charge >= 0.3 is 0 Å². The average molecular weight is 314 g/mol. The second kappa shape index (κ2) is 5.94. The number of nitrogens with zero attached hydrogens (tertiary/aromatic N) is 1. The predicted molar refractivity (Wildman–Crippen MR) is 80.4 cm³/mol. The zero-order valence-corrected chi connectivity index (χ0v) is 13.2. The number of rotatable bonds is 6. The van der Waals surface area contributed by atoms with Gasteiger partial charge in [0, 0.05) is 29.2 Å². The van der Waals surface area contributed by atoms with Gasteiger partial charge in [-0.15, -0.1) is 0 Å². The molecule has 2 rings (SSSR count). The molecule has 0 saturated carbocycles. The molecule has 2 aromatic heterocycles. The maximum atomic E-state index is 12.4. The third-order valence-corrected chi connectivity index (χ3v) is 4.79. The SMILES string of the molecule is Cc1[nH]nc(S(=O)(=O)Nc2ccsc2)c1CNC(C)C. The lowest BCUT2D eigenvalue weighted by molar-refractivity contribution is 0.574. The van der Waals surface area contributed by atoms with Crippen molar-refractivity contribution in [3.05, 3.63) is 28.1 Å². The molecule has 0 aliphatic rings. The van der Waals surface area contributed by atoms with Crippen LogP contribution in [0.3, 0.4) is 0 Å². The van der Waals surface area contributed by atoms with E-state index in [9.17, 15) is 8.42 Å². The van der Waals surface area contributed by atoms with E-state index in [1.807, 2.05) is 26.2 Å². The summed E-state index contributed by atoms with van der Waals surface area (Å²) in [6, 6.07) is 1.98. The van der Waals surface area contributed by atoms with Gasteiger partial charge in [0.1, 0.15) is 0 Å². The fourth-order valence-corrected chi connectivity index (χ4v) is 3.60. The van der Waals surface area contributed by atoms with Gasteiger partial charge in [0.2, 0.25) is 5.03 Å². The van der Waals surface area contributed by atoms with Crippen molar-refractivity contribution in [3.8, 4) is 0 Å². The monoisotopic (exact) mass is 314 g/mol. The van der Waals surface area contributed by atoms with Gasteiger partial charge in [-0.1, -0.05) is 13.8 Å². The number of nitrogens with one attached hydrogen (secondary N) is 3. The largest absolute Gasteiger partial charge is 0.310 e. The van der Waals surface area contributed by atoms with E-state index in [0.717, 1.165) is 5.69 Å². The van der Waals surface area contributed by atoms with Crippen LogP contribution >= 0.6 is 11.3 Å². The van der Waals surface area contributed by atoms with Crippen molar-refractivity contribution >= 4 is 27.0 Å². The standard InChI is InChI=1S/C12H18N4O2S2/c1-8(2)13-6-11-9(3)14-15-12(11)20(17,18)16-10-4-5-19-7-10/h4-5,7-8,13,16H,6H2,1-3H3,(H,14,15). The topological polar surface area (TPSA) is 86.9 Å². The second-order valence-corrected chi connectivity index (χ2v) is 7.16. The van der Waals surface area contributed by atoms with Crippen molar-refractivity contribution in [1.29, 1.82) is 0 Å². The second-order valence-electron chi connectivity index (χ2n) is 4.79. The van der Waals surface area contributed by atoms with Crippen molar-refractivity contribution in [1.82, 2.24) is 15.5 Å². The van der Waals surface area contributed by atoms with Gasteiger partial charge in [-0.25, -0.2) is 0 Å². The minimum absolute atomic E-state index is 0.0503. The van der Waals surface area contributed by atoms with Crippen molar-refractivity contribution in [2.75, 3.05) is 4.72 Å². The lowest BCUT2D eigenvalue weighted by atomic mass is 10.2. The molecule has 0 radical (unpaired) electrons. The highest BCUT2D eigenvalue weighted by Gasteiger charge is 2.24. The fourth-order valence-electron chi connectivity index (χ4n) is 1.69. The molecule has 0 bridgehead atoms. The van der Waals surface area contributed by atoms with Crippen LogP contribution < -0.4 is 10.0 Å². The molecular formula is C12H18N4O2S2. The van der Waals surface area contributed by atoms with Gasteiger partial charge in [0.05, 0.1) is 5.69 Å². The molecule has 2 aromatic rings. The molecule has 2 heterocycles. The molecule has 6 nitrogen and oxygen atoms in total. The fraction of sp³-hybridized carbons (Fsp3) is 0.417. The lowest BCUT2D eigenvalue weighted by Gasteiger charge is -2.10. The number of sulfonamides is 1. The Morgan fingerprint density at radius 2 is 2.20 bits per heavy atom. The normalized spacial score (nSPS) is 12.0. The van der Waals surface area contributed by atoms with E-state index < -0.39 is 10.0 Å². The molecule has 0 fully saturated rings. The zero-order chi connectivity index (χ0) is 14.8. The van der Waals surface area contributed by atoms with E-state index in [4.69, 9.17) is 0 Å². The smallest absolute Gasteiger partial charge is 0.281 e. The average Bonchev–Trinajstić information content (AvgIpc) is 2.96. The van der Waals surface area contributed by atoms with E-state index in [2.05, 4.69) is 20.2 Å². The van der Waals surface area contributed by atoms with Gasteiger partial charge in [0.25, 0.3) is 10.0 Å². The Kier molecular flexibility index (Phi) is 4.46. The Hall–Kier alpha value is -1.38. The summed E-state index contributed by atoms with van der Waals surface area (Å²) < 4.78 is 27.3. The Morgan fingerprint density at radius 3 is 2.80 bits per heavy atom. The molecular weight excluding hydrogens is 296 g/mol. The quantitative estimate of drug-likeness (QED) is 0.762. The number of aromatic amines is 1. The van der Waals surface area contributed by atoms with Gasteiger partial charge < -0.3 is 5.32 Å². The minimum Gasteiger partial charge on any atom is -0.310 e. The summed E-state index contributed by atoms with van der Waals surface area (Å²) in [4.78, 5) is 0. The summed E-state index contributed by atoms with van der Waals surface area (Å²) in [6.45, 7) is 6.29. The highest BCUT2D eigenvalue weighted by molar-refractivity contribution is 7.92. The molecule has 110 valence electrons. The first-order valence-electron chi connectivity index (χ1n) is 6.22. The van der Waals surface area contributed by atoms with Crippen LogP contribution in [0.2, 0.25) is 0 Å². The van der Waals surface area contributed by atoms with Gasteiger partial charge in [0.15, 0.2) is 0 Å². The molecule has 0 aliphatic heterocycles. The van der Waals surface area contributed by atoms with E-state index in [-0.39, 0.29) is 11.1 Å². The number of hydrogen-bond donors (Lipinski definition) is 3. The number of thiophene rings is 1. The third-order valence-electron chi connectivity index (χ3n) is 2.75. The highest BCUT2D eigenvalue weighted by atomic mass is 32.2. The van der Waals surface area contributed by atoms with Crippen molar-refractivity contribution in [2.24, 2.45) is 0 Å². The molecule has 0 amide bonds. The molecule has 0 atom stereocenters. The summed E-state index contributed by atoms with van der Waals surface area (Å²) in [6.07, 6.45) is 0. The summed E-state index contributed by atoms with van der Waals surface area (Å²) in [5, 5.41) is 13.5. The summed E-state index contributed by atoms with van der Waals surface area (Å²) >= 11 is 1.43. The highest BCUT2D eigenvalue weighted by Crippen LogP contribution is 2.21. The van der Waals surface area contributed by atoms with E-state index >= 15 is 0 Å². The summed E-state index contributed by atoms with van der Waals surface area (Å²) in [5.74, 6) is 0. The number of aromatic nitrogens is 2. The zero-order valence-electron chi connectivity index (χ0n) is 11.6. The maximum absolute atomic E-state index is 12.4. The third kappa shape index (κ3) is 3.38. The molecule has 0 aliphatic carbocycles. The molecule has 0 spiro atoms. The molecule has 0 unspecified atom stereocenters. The first-order chi connectivity index (χ1) is 9.40. The molecule has 0 saturated heterocycles. The summed E-state index contributed by atoms with van der Waals surface area (Å²) in [5.41, 5.74) is 1.98. The predicted octanol–water partition coefficient (Wildman–Crippen LogP) is 2.08. The Labute approximate surface area is 122 Å². The Morgan fingerprint density at radius 1 is 1.45 bits per heavy atom. The maximum Gasteiger partial charge on any atom is 0.281 e. The Bertz CT molecular complexity index is 660. The van der Waals surface area contributed by atoms with Crippen LogP contribution in [0.4, 0.5) is 5.69 Å². The van der Waals surface area contributed by atoms with Crippen LogP contribution in [0.5, 0.6) is 0 Å². The molecule has 8 heteroatoms. The van der Waals surface area contributed by atoms with E-state index in [1.165, 1.54) is 11.3 Å². The Balaban J connectivity index is 2.27. The van der Waals surface area contributed by atoms with Crippen molar-refractivity contribution in [3.63, 3.8) is 0 Å². The number of anilines is 1. The molecule has 0 aromatic carbocycles. The van der Waals surface area contributed by atoms with Crippen LogP contribution in [-0.2, 0) is 16.6 Å². The van der Waals surface area contributed by atoms with Crippen LogP contribution in [0, 0.1) is 6.92 Å². The lowest BCUT2D eigenvalue weighted by Crippen LogP contribution is -2.24. The summed E-state index contributed by atoms with van der Waals surface area (Å²) in [7, 11) is -3.67. The first kappa shape index (κ1) is 15.0. The molecule has 3 N–H and O–H groups in total. The number of aryl methyl sites for hydroxylation is 1. The van der Waals surface area contributed by atoms with E-state index in [0.29, 0.717) is 17.8 Å². The number of H-pyrrole nitrogens is 1. The van der Waals surface area contributed by atoms with Gasteiger partial charge in [-0.05, 0) is 18.4 Å². The number of hydrogen-bond acceptors (Lipinski definition) is 5. The minimum atomic E-state index is -3.67. The van der Waals surface area contributed by atoms with Gasteiger partial charge in [-0.3, -0.25) is 9.82 Å². The van der Waals surface area contributed by atoms with Crippen LogP contribution in [-0.4, -0.2) is 24.7 Å². The molecule has 20 heavy (non-hydrogen) atoms. The van der Waals surface area contributed by atoms with Crippen LogP contribution in [0.25, 0.3) is 0 Å². The van der Waals surface area contributed by atoms with Crippen molar-refractivity contribution in [2.45, 2.75) is 38.4 Å². The van der Waals surface area contributed by atoms with Crippen LogP contribution in [0.15, 0.2) is 21.9 Å². The van der Waals surface area contributed by atoms with Crippen molar-refractivity contribution < 1.29 is 8.42 Å². The van der Waals surface area contributed by atoms with Gasteiger partial charge in [-0.2, -0.15) is 24.9 Å². The van der Waals surface area contributed by atoms with E-state index in [1.54, 1.807) is 11.4 Å². The van der Waals surface area contributed by atoms with Crippen LogP contribution in [0.1, 0.15) is 25.1 Å².